The van der Waals surface area contributed by atoms with Gasteiger partial charge in [-0.25, -0.2) is 4.98 Å². The fraction of sp³-hybridized carbons (Fsp3) is 0.444. The molecule has 174 valence electrons. The zero-order chi connectivity index (χ0) is 23.2. The fourth-order valence-electron chi connectivity index (χ4n) is 4.45. The normalized spacial score (nSPS) is 15.4. The van der Waals surface area contributed by atoms with E-state index >= 15 is 0 Å². The molecule has 0 aliphatic heterocycles. The summed E-state index contributed by atoms with van der Waals surface area (Å²) >= 11 is 1.33. The van der Waals surface area contributed by atoms with Crippen LogP contribution < -0.4 is 10.9 Å². The van der Waals surface area contributed by atoms with E-state index in [-0.39, 0.29) is 23.3 Å². The van der Waals surface area contributed by atoms with Crippen LogP contribution in [0.5, 0.6) is 0 Å². The molecule has 0 atom stereocenters. The number of hydrogen-bond donors (Lipinski definition) is 1. The van der Waals surface area contributed by atoms with Crippen LogP contribution >= 0.6 is 11.8 Å². The highest BCUT2D eigenvalue weighted by Gasteiger charge is 2.17. The molecule has 0 saturated heterocycles. The summed E-state index contributed by atoms with van der Waals surface area (Å²) in [6.45, 7) is 4.29. The van der Waals surface area contributed by atoms with Gasteiger partial charge in [-0.2, -0.15) is 0 Å². The molecule has 1 aromatic heterocycles. The second-order valence-electron chi connectivity index (χ2n) is 9.20. The van der Waals surface area contributed by atoms with E-state index in [1.807, 2.05) is 30.3 Å². The molecule has 33 heavy (non-hydrogen) atoms. The zero-order valence-electron chi connectivity index (χ0n) is 19.5. The average Bonchev–Trinajstić information content (AvgIpc) is 2.79. The van der Waals surface area contributed by atoms with E-state index in [1.165, 1.54) is 49.4 Å². The molecule has 0 radical (unpaired) electrons. The van der Waals surface area contributed by atoms with Crippen molar-refractivity contribution in [2.45, 2.75) is 75.9 Å². The number of nitrogens with one attached hydrogen (secondary N) is 1. The van der Waals surface area contributed by atoms with Crippen molar-refractivity contribution in [3.05, 3.63) is 64.4 Å². The van der Waals surface area contributed by atoms with E-state index in [0.717, 1.165) is 18.5 Å². The van der Waals surface area contributed by atoms with Crippen molar-refractivity contribution in [2.24, 2.45) is 0 Å². The summed E-state index contributed by atoms with van der Waals surface area (Å²) in [4.78, 5) is 30.9. The average molecular weight is 464 g/mol. The van der Waals surface area contributed by atoms with Gasteiger partial charge in [-0.05, 0) is 48.6 Å². The summed E-state index contributed by atoms with van der Waals surface area (Å²) in [6.07, 6.45) is 8.27. The standard InChI is InChI=1S/C27H33N3O2S/c1-19(2)20-14-16-22(17-15-20)30-26(32)23-12-8-9-13-24(23)29-27(30)33-18-25(31)28-21-10-6-4-3-5-7-11-21/h8-9,12-17,19,21H,3-7,10-11,18H2,1-2H3,(H,28,31). The number of hydrogen-bond acceptors (Lipinski definition) is 4. The number of carbonyl (C=O) groups excluding carboxylic acids is 1. The number of thioether (sulfide) groups is 1. The van der Waals surface area contributed by atoms with Gasteiger partial charge in [0.15, 0.2) is 5.16 Å². The minimum Gasteiger partial charge on any atom is -0.353 e. The molecule has 0 spiro atoms. The van der Waals surface area contributed by atoms with Gasteiger partial charge in [0.1, 0.15) is 0 Å². The van der Waals surface area contributed by atoms with Crippen LogP contribution in [0.25, 0.3) is 16.6 Å². The van der Waals surface area contributed by atoms with E-state index in [1.54, 1.807) is 10.6 Å². The van der Waals surface area contributed by atoms with Gasteiger partial charge in [-0.1, -0.05) is 82.0 Å². The van der Waals surface area contributed by atoms with Gasteiger partial charge in [0.25, 0.3) is 5.56 Å². The molecule has 5 nitrogen and oxygen atoms in total. The van der Waals surface area contributed by atoms with Crippen molar-refractivity contribution in [3.63, 3.8) is 0 Å². The highest BCUT2D eigenvalue weighted by Crippen LogP contribution is 2.23. The summed E-state index contributed by atoms with van der Waals surface area (Å²) in [5.74, 6) is 0.664. The predicted molar refractivity (Wildman–Crippen MR) is 136 cm³/mol. The van der Waals surface area contributed by atoms with Gasteiger partial charge in [0.05, 0.1) is 22.3 Å². The van der Waals surface area contributed by atoms with E-state index in [9.17, 15) is 9.59 Å². The number of rotatable bonds is 6. The molecule has 3 aromatic rings. The fourth-order valence-corrected chi connectivity index (χ4v) is 5.27. The van der Waals surface area contributed by atoms with Crippen LogP contribution in [0, 0.1) is 0 Å². The first-order valence-corrected chi connectivity index (χ1v) is 13.1. The first-order chi connectivity index (χ1) is 16.0. The molecular weight excluding hydrogens is 430 g/mol. The van der Waals surface area contributed by atoms with Crippen LogP contribution in [0.1, 0.15) is 70.3 Å². The highest BCUT2D eigenvalue weighted by molar-refractivity contribution is 7.99. The summed E-state index contributed by atoms with van der Waals surface area (Å²) in [6, 6.07) is 15.7. The minimum absolute atomic E-state index is 0.00897. The molecule has 2 aromatic carbocycles. The Labute approximate surface area is 200 Å². The molecule has 1 saturated carbocycles. The van der Waals surface area contributed by atoms with Crippen molar-refractivity contribution in [3.8, 4) is 5.69 Å². The van der Waals surface area contributed by atoms with E-state index in [0.29, 0.717) is 22.0 Å². The first kappa shape index (κ1) is 23.6. The smallest absolute Gasteiger partial charge is 0.266 e. The predicted octanol–water partition coefficient (Wildman–Crippen LogP) is 5.83. The quantitative estimate of drug-likeness (QED) is 0.369. The SMILES string of the molecule is CC(C)c1ccc(-n2c(SCC(=O)NC3CCCCCCC3)nc3ccccc3c2=O)cc1. The summed E-state index contributed by atoms with van der Waals surface area (Å²) < 4.78 is 1.64. The second kappa shape index (κ2) is 11.0. The number of fused-ring (bicyclic) bond motifs is 1. The monoisotopic (exact) mass is 463 g/mol. The van der Waals surface area contributed by atoms with E-state index in [2.05, 4.69) is 31.3 Å². The van der Waals surface area contributed by atoms with Crippen LogP contribution in [-0.4, -0.2) is 27.3 Å². The third-order valence-corrected chi connectivity index (χ3v) is 7.30. The number of carbonyl (C=O) groups is 1. The van der Waals surface area contributed by atoms with Crippen molar-refractivity contribution in [1.82, 2.24) is 14.9 Å². The number of benzene rings is 2. The lowest BCUT2D eigenvalue weighted by Crippen LogP contribution is -2.36. The van der Waals surface area contributed by atoms with E-state index in [4.69, 9.17) is 4.98 Å². The van der Waals surface area contributed by atoms with Crippen LogP contribution in [0.4, 0.5) is 0 Å². The molecule has 1 aliphatic rings. The number of amides is 1. The molecule has 4 rings (SSSR count). The Morgan fingerprint density at radius 2 is 1.70 bits per heavy atom. The molecule has 0 unspecified atom stereocenters. The lowest BCUT2D eigenvalue weighted by atomic mass is 9.97. The molecule has 1 amide bonds. The van der Waals surface area contributed by atoms with Crippen LogP contribution in [-0.2, 0) is 4.79 Å². The Kier molecular flexibility index (Phi) is 7.86. The lowest BCUT2D eigenvalue weighted by molar-refractivity contribution is -0.119. The third kappa shape index (κ3) is 5.85. The van der Waals surface area contributed by atoms with Gasteiger partial charge >= 0.3 is 0 Å². The number of aromatic nitrogens is 2. The number of para-hydroxylation sites is 1. The number of nitrogens with zero attached hydrogens (tertiary/aromatic N) is 2. The minimum atomic E-state index is -0.110. The Morgan fingerprint density at radius 3 is 2.39 bits per heavy atom. The largest absolute Gasteiger partial charge is 0.353 e. The molecular formula is C27H33N3O2S. The van der Waals surface area contributed by atoms with Gasteiger partial charge < -0.3 is 5.32 Å². The van der Waals surface area contributed by atoms with Crippen LogP contribution in [0.2, 0.25) is 0 Å². The van der Waals surface area contributed by atoms with Crippen LogP contribution in [0.3, 0.4) is 0 Å². The van der Waals surface area contributed by atoms with Crippen molar-refractivity contribution >= 4 is 28.6 Å². The van der Waals surface area contributed by atoms with Gasteiger partial charge in [0.2, 0.25) is 5.91 Å². The second-order valence-corrected chi connectivity index (χ2v) is 10.1. The van der Waals surface area contributed by atoms with Crippen molar-refractivity contribution in [1.29, 1.82) is 0 Å². The topological polar surface area (TPSA) is 64.0 Å². The maximum atomic E-state index is 13.4. The Hall–Kier alpha value is -2.60. The van der Waals surface area contributed by atoms with Gasteiger partial charge in [-0.3, -0.25) is 14.2 Å². The molecule has 0 bridgehead atoms. The first-order valence-electron chi connectivity index (χ1n) is 12.1. The highest BCUT2D eigenvalue weighted by atomic mass is 32.2. The Morgan fingerprint density at radius 1 is 1.03 bits per heavy atom. The van der Waals surface area contributed by atoms with Gasteiger partial charge in [-0.15, -0.1) is 0 Å². The maximum Gasteiger partial charge on any atom is 0.266 e. The molecule has 6 heteroatoms. The maximum absolute atomic E-state index is 13.4. The zero-order valence-corrected chi connectivity index (χ0v) is 20.4. The summed E-state index contributed by atoms with van der Waals surface area (Å²) in [7, 11) is 0. The molecule has 1 aliphatic carbocycles. The molecule has 1 N–H and O–H groups in total. The van der Waals surface area contributed by atoms with Gasteiger partial charge in [0, 0.05) is 6.04 Å². The Balaban J connectivity index is 1.58. The van der Waals surface area contributed by atoms with Crippen molar-refractivity contribution in [2.75, 3.05) is 5.75 Å². The summed E-state index contributed by atoms with van der Waals surface area (Å²) in [5.41, 5.74) is 2.53. The lowest BCUT2D eigenvalue weighted by Gasteiger charge is -2.21. The van der Waals surface area contributed by atoms with Crippen molar-refractivity contribution < 1.29 is 4.79 Å². The van der Waals surface area contributed by atoms with Crippen LogP contribution in [0.15, 0.2) is 58.5 Å². The summed E-state index contributed by atoms with van der Waals surface area (Å²) in [5, 5.41) is 4.34. The molecule has 1 fully saturated rings. The van der Waals surface area contributed by atoms with E-state index < -0.39 is 0 Å². The molecule has 1 heterocycles. The Bertz CT molecular complexity index is 1150. The third-order valence-electron chi connectivity index (χ3n) is 6.37.